The molecule has 2 aromatic carbocycles. The first kappa shape index (κ1) is 19.0. The number of Topliss-reactive ketones (excluding diaryl/α,β-unsaturated/α-hetero) is 2. The Labute approximate surface area is 166 Å². The number of ketones is 2. The highest BCUT2D eigenvalue weighted by Gasteiger charge is 2.29. The largest absolute Gasteiger partial charge is 0.290 e. The van der Waals surface area contributed by atoms with E-state index in [4.69, 9.17) is 23.2 Å². The third kappa shape index (κ3) is 4.47. The fraction of sp³-hybridized carbons (Fsp3) is 0.143. The molecule has 0 spiro atoms. The van der Waals surface area contributed by atoms with E-state index in [1.165, 1.54) is 0 Å². The van der Waals surface area contributed by atoms with Gasteiger partial charge in [-0.2, -0.15) is 0 Å². The zero-order chi connectivity index (χ0) is 18.5. The lowest BCUT2D eigenvalue weighted by Gasteiger charge is -2.19. The molecule has 0 N–H and O–H groups in total. The van der Waals surface area contributed by atoms with Gasteiger partial charge in [-0.3, -0.25) is 9.59 Å². The molecule has 5 heteroatoms. The van der Waals surface area contributed by atoms with Gasteiger partial charge < -0.3 is 0 Å². The molecule has 0 bridgehead atoms. The summed E-state index contributed by atoms with van der Waals surface area (Å²) in [7, 11) is 0. The molecule has 26 heavy (non-hydrogen) atoms. The highest BCUT2D eigenvalue weighted by atomic mass is 35.5. The van der Waals surface area contributed by atoms with Crippen LogP contribution in [0.4, 0.5) is 0 Å². The highest BCUT2D eigenvalue weighted by molar-refractivity contribution is 8.02. The van der Waals surface area contributed by atoms with E-state index in [1.54, 1.807) is 42.1 Å². The molecule has 1 aliphatic carbocycles. The van der Waals surface area contributed by atoms with Crippen molar-refractivity contribution in [3.05, 3.63) is 92.8 Å². The molecule has 1 aliphatic rings. The first-order valence-electron chi connectivity index (χ1n) is 8.13. The van der Waals surface area contributed by atoms with Gasteiger partial charge in [0.25, 0.3) is 0 Å². The second-order valence-electron chi connectivity index (χ2n) is 5.88. The van der Waals surface area contributed by atoms with Crippen LogP contribution in [0.5, 0.6) is 0 Å². The molecule has 3 rings (SSSR count). The summed E-state index contributed by atoms with van der Waals surface area (Å²) in [6.45, 7) is 0. The molecule has 2 aromatic rings. The van der Waals surface area contributed by atoms with E-state index in [9.17, 15) is 9.59 Å². The average molecular weight is 403 g/mol. The Bertz CT molecular complexity index is 888. The molecule has 0 amide bonds. The number of carbonyl (C=O) groups is 2. The van der Waals surface area contributed by atoms with E-state index in [-0.39, 0.29) is 5.78 Å². The summed E-state index contributed by atoms with van der Waals surface area (Å²) >= 11 is 13.6. The Morgan fingerprint density at radius 3 is 2.54 bits per heavy atom. The van der Waals surface area contributed by atoms with Crippen molar-refractivity contribution in [2.75, 3.05) is 0 Å². The van der Waals surface area contributed by atoms with Gasteiger partial charge in [-0.15, -0.1) is 11.8 Å². The molecule has 0 aliphatic heterocycles. The van der Waals surface area contributed by atoms with Crippen molar-refractivity contribution < 1.29 is 9.59 Å². The van der Waals surface area contributed by atoms with Crippen molar-refractivity contribution in [2.24, 2.45) is 5.92 Å². The van der Waals surface area contributed by atoms with Crippen LogP contribution in [0.25, 0.3) is 0 Å². The minimum Gasteiger partial charge on any atom is -0.290 e. The van der Waals surface area contributed by atoms with Crippen LogP contribution in [-0.2, 0) is 10.5 Å². The van der Waals surface area contributed by atoms with Gasteiger partial charge in [0.05, 0.1) is 16.0 Å². The lowest BCUT2D eigenvalue weighted by Crippen LogP contribution is -2.25. The molecule has 0 aromatic heterocycles. The molecular formula is C21H16Cl2O2S. The van der Waals surface area contributed by atoms with E-state index in [1.807, 2.05) is 36.4 Å². The van der Waals surface area contributed by atoms with E-state index >= 15 is 0 Å². The van der Waals surface area contributed by atoms with Crippen molar-refractivity contribution in [2.45, 2.75) is 12.2 Å². The van der Waals surface area contributed by atoms with Crippen LogP contribution >= 0.6 is 35.0 Å². The van der Waals surface area contributed by atoms with Gasteiger partial charge in [0.15, 0.2) is 0 Å². The van der Waals surface area contributed by atoms with Crippen molar-refractivity contribution >= 4 is 46.5 Å². The third-order valence-electron chi connectivity index (χ3n) is 4.08. The molecule has 1 unspecified atom stereocenters. The molecule has 132 valence electrons. The maximum Gasteiger partial charge on any atom is 0.229 e. The molecule has 0 saturated carbocycles. The zero-order valence-corrected chi connectivity index (χ0v) is 16.2. The van der Waals surface area contributed by atoms with Gasteiger partial charge in [0.2, 0.25) is 11.6 Å². The summed E-state index contributed by atoms with van der Waals surface area (Å²) in [5.41, 5.74) is 1.45. The predicted molar refractivity (Wildman–Crippen MR) is 109 cm³/mol. The van der Waals surface area contributed by atoms with Crippen molar-refractivity contribution in [1.29, 1.82) is 0 Å². The maximum atomic E-state index is 12.7. The number of allylic oxidation sites excluding steroid dienone is 4. The molecule has 0 saturated heterocycles. The van der Waals surface area contributed by atoms with E-state index in [2.05, 4.69) is 0 Å². The Morgan fingerprint density at radius 1 is 1.04 bits per heavy atom. The molecule has 2 nitrogen and oxygen atoms in total. The van der Waals surface area contributed by atoms with Gasteiger partial charge >= 0.3 is 0 Å². The summed E-state index contributed by atoms with van der Waals surface area (Å²) in [6.07, 6.45) is 6.29. The van der Waals surface area contributed by atoms with Gasteiger partial charge in [-0.25, -0.2) is 0 Å². The lowest BCUT2D eigenvalue weighted by atomic mass is 9.91. The predicted octanol–water partition coefficient (Wildman–Crippen LogP) is 6.14. The SMILES string of the molecule is O=C(C(=O)C1CC=CC=C1SCc1ccc(Cl)c(Cl)c1)c1ccccc1. The van der Waals surface area contributed by atoms with Gasteiger partial charge in [0.1, 0.15) is 0 Å². The fourth-order valence-corrected chi connectivity index (χ4v) is 4.09. The normalized spacial score (nSPS) is 16.2. The summed E-state index contributed by atoms with van der Waals surface area (Å²) in [4.78, 5) is 26.1. The maximum absolute atomic E-state index is 12.7. The number of hydrogen-bond acceptors (Lipinski definition) is 3. The van der Waals surface area contributed by atoms with Crippen molar-refractivity contribution in [1.82, 2.24) is 0 Å². The number of halogens is 2. The number of benzene rings is 2. The second-order valence-corrected chi connectivity index (χ2v) is 7.75. The standard InChI is InChI=1S/C21H16Cl2O2S/c22-17-11-10-14(12-18(17)23)13-26-19-9-5-4-8-16(19)21(25)20(24)15-6-2-1-3-7-15/h1-7,9-12,16H,8,13H2. The van der Waals surface area contributed by atoms with Crippen LogP contribution in [0, 0.1) is 5.92 Å². The topological polar surface area (TPSA) is 34.1 Å². The lowest BCUT2D eigenvalue weighted by molar-refractivity contribution is -0.117. The molecule has 0 fully saturated rings. The number of carbonyl (C=O) groups excluding carboxylic acids is 2. The third-order valence-corrected chi connectivity index (χ3v) is 6.05. The first-order valence-corrected chi connectivity index (χ1v) is 9.87. The Hall–Kier alpha value is -1.81. The van der Waals surface area contributed by atoms with E-state index < -0.39 is 11.7 Å². The number of thioether (sulfide) groups is 1. The average Bonchev–Trinajstić information content (AvgIpc) is 2.68. The zero-order valence-electron chi connectivity index (χ0n) is 13.8. The summed E-state index contributed by atoms with van der Waals surface area (Å²) in [6, 6.07) is 14.2. The van der Waals surface area contributed by atoms with Crippen LogP contribution in [0.3, 0.4) is 0 Å². The quantitative estimate of drug-likeness (QED) is 0.429. The Morgan fingerprint density at radius 2 is 1.81 bits per heavy atom. The van der Waals surface area contributed by atoms with E-state index in [0.29, 0.717) is 27.8 Å². The smallest absolute Gasteiger partial charge is 0.229 e. The molecular weight excluding hydrogens is 387 g/mol. The minimum atomic E-state index is -0.438. The highest BCUT2D eigenvalue weighted by Crippen LogP contribution is 2.35. The number of rotatable bonds is 6. The fourth-order valence-electron chi connectivity index (χ4n) is 2.68. The monoisotopic (exact) mass is 402 g/mol. The molecule has 1 atom stereocenters. The second kappa shape index (κ2) is 8.72. The van der Waals surface area contributed by atoms with Crippen LogP contribution in [0.1, 0.15) is 22.3 Å². The van der Waals surface area contributed by atoms with Crippen molar-refractivity contribution in [3.8, 4) is 0 Å². The van der Waals surface area contributed by atoms with Gasteiger partial charge in [0, 0.05) is 11.3 Å². The van der Waals surface area contributed by atoms with Gasteiger partial charge in [-0.05, 0) is 29.0 Å². The van der Waals surface area contributed by atoms with Crippen LogP contribution in [0.15, 0.2) is 71.7 Å². The summed E-state index contributed by atoms with van der Waals surface area (Å²) in [5, 5.41) is 1.02. The minimum absolute atomic E-state index is 0.367. The molecule has 0 radical (unpaired) electrons. The Balaban J connectivity index is 1.72. The summed E-state index contributed by atoms with van der Waals surface area (Å²) < 4.78 is 0. The van der Waals surface area contributed by atoms with E-state index in [0.717, 1.165) is 10.5 Å². The summed E-state index contributed by atoms with van der Waals surface area (Å²) in [5.74, 6) is -0.583. The Kier molecular flexibility index (Phi) is 6.36. The van der Waals surface area contributed by atoms with Crippen LogP contribution in [-0.4, -0.2) is 11.6 Å². The van der Waals surface area contributed by atoms with Gasteiger partial charge in [-0.1, -0.05) is 77.8 Å². The number of hydrogen-bond donors (Lipinski definition) is 0. The first-order chi connectivity index (χ1) is 12.6. The van der Waals surface area contributed by atoms with Crippen LogP contribution < -0.4 is 0 Å². The molecule has 0 heterocycles. The van der Waals surface area contributed by atoms with Crippen LogP contribution in [0.2, 0.25) is 10.0 Å². The van der Waals surface area contributed by atoms with Crippen molar-refractivity contribution in [3.63, 3.8) is 0 Å².